The van der Waals surface area contributed by atoms with Crippen LogP contribution in [0.15, 0.2) is 54.6 Å². The average Bonchev–Trinajstić information content (AvgIpc) is 2.86. The molecule has 128 valence electrons. The number of likely N-dealkylation sites (tertiary alicyclic amines) is 1. The molecule has 24 heavy (non-hydrogen) atoms. The van der Waals surface area contributed by atoms with Crippen molar-refractivity contribution in [1.29, 1.82) is 0 Å². The van der Waals surface area contributed by atoms with Crippen molar-refractivity contribution in [2.45, 2.75) is 37.7 Å². The highest BCUT2D eigenvalue weighted by atomic mass is 35.5. The van der Waals surface area contributed by atoms with Gasteiger partial charge in [-0.25, -0.2) is 0 Å². The van der Waals surface area contributed by atoms with Crippen molar-refractivity contribution in [3.63, 3.8) is 0 Å². The largest absolute Gasteiger partial charge is 0.366 e. The first-order chi connectivity index (χ1) is 16.9. The van der Waals surface area contributed by atoms with Crippen molar-refractivity contribution < 1.29 is 23.9 Å². The Bertz CT molecular complexity index is 1170. The fourth-order valence-electron chi connectivity index (χ4n) is 2.33. The zero-order valence-corrected chi connectivity index (χ0v) is 13.7. The molecule has 0 unspecified atom stereocenters. The summed E-state index contributed by atoms with van der Waals surface area (Å²) < 4.78 is 122. The highest BCUT2D eigenvalue weighted by Gasteiger charge is 2.30. The third kappa shape index (κ3) is 3.83. The summed E-state index contributed by atoms with van der Waals surface area (Å²) in [6.07, 6.45) is -11.6. The van der Waals surface area contributed by atoms with E-state index < -0.39 is 55.7 Å². The second-order valence-electron chi connectivity index (χ2n) is 5.28. The smallest absolute Gasteiger partial charge is 0.115 e. The van der Waals surface area contributed by atoms with Crippen LogP contribution in [0.4, 0.5) is 0 Å². The molecule has 2 aromatic carbocycles. The van der Waals surface area contributed by atoms with Crippen LogP contribution in [0.2, 0.25) is 5.02 Å². The Hall–Kier alpha value is -1.35. The molecule has 1 saturated heterocycles. The number of hydrogen-bond donors (Lipinski definition) is 0. The van der Waals surface area contributed by atoms with Gasteiger partial charge in [0.2, 0.25) is 0 Å². The Morgan fingerprint density at radius 3 is 2.71 bits per heavy atom. The summed E-state index contributed by atoms with van der Waals surface area (Å²) >= 11 is 5.99. The molecule has 0 saturated carbocycles. The summed E-state index contributed by atoms with van der Waals surface area (Å²) in [7, 11) is 0. The zero-order valence-electron chi connectivity index (χ0n) is 26.9. The van der Waals surface area contributed by atoms with Crippen LogP contribution in [0.3, 0.4) is 0 Å². The van der Waals surface area contributed by atoms with Crippen LogP contribution in [0.5, 0.6) is 0 Å². The van der Waals surface area contributed by atoms with Crippen LogP contribution in [-0.2, 0) is 10.3 Å². The number of hydrogen-bond acceptors (Lipinski definition) is 2. The van der Waals surface area contributed by atoms with Gasteiger partial charge in [-0.05, 0) is 62.8 Å². The third-order valence-corrected chi connectivity index (χ3v) is 3.97. The molecule has 0 radical (unpaired) electrons. The molecule has 0 aromatic heterocycles. The number of ether oxygens (including phenoxy) is 1. The minimum absolute atomic E-state index is 0.277. The summed E-state index contributed by atoms with van der Waals surface area (Å²) in [5, 5.41) is 0.338. The van der Waals surface area contributed by atoms with E-state index >= 15 is 0 Å². The summed E-state index contributed by atoms with van der Waals surface area (Å²) in [4.78, 5) is -0.545. The molecule has 0 N–H and O–H groups in total. The van der Waals surface area contributed by atoms with Crippen LogP contribution < -0.4 is 0 Å². The lowest BCUT2D eigenvalue weighted by Crippen LogP contribution is -2.31. The highest BCUT2D eigenvalue weighted by Crippen LogP contribution is 2.34. The third-order valence-electron chi connectivity index (χ3n) is 3.72. The lowest BCUT2D eigenvalue weighted by atomic mass is 9.88. The zero-order chi connectivity index (χ0) is 29.4. The molecular weight excluding hydrogens is 318 g/mol. The summed E-state index contributed by atoms with van der Waals surface area (Å²) in [5.74, 6) is 0. The monoisotopic (exact) mass is 357 g/mol. The van der Waals surface area contributed by atoms with Crippen LogP contribution in [0.1, 0.15) is 56.4 Å². The van der Waals surface area contributed by atoms with E-state index in [-0.39, 0.29) is 5.56 Å². The number of rotatable bonds is 6. The maximum atomic E-state index is 8.81. The number of halogens is 1. The minimum Gasteiger partial charge on any atom is -0.366 e. The van der Waals surface area contributed by atoms with Gasteiger partial charge in [0, 0.05) is 34.0 Å². The number of benzene rings is 2. The van der Waals surface area contributed by atoms with Crippen molar-refractivity contribution in [2.75, 3.05) is 20.0 Å². The molecule has 1 fully saturated rings. The molecule has 0 aliphatic carbocycles. The Labute approximate surface area is 170 Å². The van der Waals surface area contributed by atoms with Gasteiger partial charge in [0.1, 0.15) is 5.60 Å². The van der Waals surface area contributed by atoms with E-state index in [1.165, 1.54) is 31.2 Å². The molecule has 0 bridgehead atoms. The van der Waals surface area contributed by atoms with E-state index in [2.05, 4.69) is 0 Å². The predicted molar refractivity (Wildman–Crippen MR) is 101 cm³/mol. The van der Waals surface area contributed by atoms with Gasteiger partial charge < -0.3 is 9.64 Å². The Morgan fingerprint density at radius 1 is 1.29 bits per heavy atom. The Kier molecular flexibility index (Phi) is 2.28. The normalized spacial score (nSPS) is 40.6. The summed E-state index contributed by atoms with van der Waals surface area (Å²) in [5.41, 5.74) is -1.22. The molecule has 3 heteroatoms. The maximum Gasteiger partial charge on any atom is 0.115 e. The van der Waals surface area contributed by atoms with E-state index in [0.717, 1.165) is 0 Å². The van der Waals surface area contributed by atoms with Gasteiger partial charge in [-0.3, -0.25) is 0 Å². The van der Waals surface area contributed by atoms with Gasteiger partial charge >= 0.3 is 0 Å². The van der Waals surface area contributed by atoms with E-state index in [4.69, 9.17) is 35.5 Å². The summed E-state index contributed by atoms with van der Waals surface area (Å²) in [6, 6.07) is 9.94. The molecule has 1 aliphatic rings. The molecule has 3 rings (SSSR count). The quantitative estimate of drug-likeness (QED) is 0.712. The first kappa shape index (κ1) is 7.11. The lowest BCUT2D eigenvalue weighted by Gasteiger charge is -2.32. The van der Waals surface area contributed by atoms with E-state index in [0.29, 0.717) is 10.6 Å². The van der Waals surface area contributed by atoms with Crippen LogP contribution in [0, 0.1) is 0 Å². The highest BCUT2D eigenvalue weighted by molar-refractivity contribution is 6.30. The van der Waals surface area contributed by atoms with Crippen LogP contribution >= 0.6 is 11.6 Å². The second kappa shape index (κ2) is 7.69. The van der Waals surface area contributed by atoms with Crippen molar-refractivity contribution in [3.8, 4) is 0 Å². The van der Waals surface area contributed by atoms with Gasteiger partial charge in [-0.1, -0.05) is 54.1 Å². The first-order valence-electron chi connectivity index (χ1n) is 14.3. The first-order valence-corrected chi connectivity index (χ1v) is 7.63. The van der Waals surface area contributed by atoms with Gasteiger partial charge in [0.15, 0.2) is 0 Å². The maximum absolute atomic E-state index is 8.81. The van der Waals surface area contributed by atoms with Gasteiger partial charge in [-0.2, -0.15) is 0 Å². The predicted octanol–water partition coefficient (Wildman–Crippen LogP) is 5.10. The molecular formula is C21H26ClNO. The molecule has 1 heterocycles. The molecule has 0 amide bonds. The van der Waals surface area contributed by atoms with Crippen molar-refractivity contribution in [2.24, 2.45) is 0 Å². The Balaban J connectivity index is 2.27. The fraction of sp³-hybridized carbons (Fsp3) is 0.429. The lowest BCUT2D eigenvalue weighted by molar-refractivity contribution is -0.0117. The Morgan fingerprint density at radius 2 is 2.00 bits per heavy atom. The molecule has 0 spiro atoms. The molecule has 2 atom stereocenters. The van der Waals surface area contributed by atoms with Crippen molar-refractivity contribution >= 4 is 11.6 Å². The standard InChI is InChI=1S/C21H26ClNO/c1-21(17-7-4-3-5-8-17,18-10-12-19(22)13-11-18)24-16-14-20-9-6-15-23(20)2/h3-5,7-8,10-13,20H,6,9,14-16H2,1-2H3/t20-,21-/m1/s1/i2D3,6D2,9D2,14D2,15D2,16D2,20D. The van der Waals surface area contributed by atoms with Crippen LogP contribution in [0.25, 0.3) is 0 Å². The van der Waals surface area contributed by atoms with Gasteiger partial charge in [0.05, 0.1) is 2.74 Å². The topological polar surface area (TPSA) is 12.5 Å². The van der Waals surface area contributed by atoms with E-state index in [9.17, 15) is 0 Å². The van der Waals surface area contributed by atoms with E-state index in [1.807, 2.05) is 0 Å². The number of nitrogens with zero attached hydrogens (tertiary/aromatic N) is 1. The van der Waals surface area contributed by atoms with Crippen molar-refractivity contribution in [1.82, 2.24) is 4.90 Å². The minimum atomic E-state index is -3.99. The molecule has 2 aromatic rings. The molecule has 2 nitrogen and oxygen atoms in total. The molecule has 1 aliphatic heterocycles. The van der Waals surface area contributed by atoms with E-state index in [1.54, 1.807) is 30.3 Å². The van der Waals surface area contributed by atoms with Crippen molar-refractivity contribution in [3.05, 3.63) is 70.7 Å². The summed E-state index contributed by atoms with van der Waals surface area (Å²) in [6.45, 7) is -9.80. The van der Waals surface area contributed by atoms with Crippen LogP contribution in [-0.4, -0.2) is 30.9 Å². The van der Waals surface area contributed by atoms with Gasteiger partial charge in [-0.15, -0.1) is 0 Å². The second-order valence-corrected chi connectivity index (χ2v) is 5.72. The fourth-order valence-corrected chi connectivity index (χ4v) is 2.45. The average molecular weight is 358 g/mol. The van der Waals surface area contributed by atoms with Gasteiger partial charge in [0.25, 0.3) is 0 Å². The SMILES string of the molecule is [2H]C([2H])([2H])N1C([2H])([2H])C([2H])([2H])C([2H])([2H])[C@]1([2H])C([2H])([2H])C([2H])([2H])O[C@](C)(c1ccccc1)c1ccc(Cl)cc1.